The van der Waals surface area contributed by atoms with Crippen LogP contribution in [0.3, 0.4) is 0 Å². The summed E-state index contributed by atoms with van der Waals surface area (Å²) in [6.07, 6.45) is 2.35. The van der Waals surface area contributed by atoms with E-state index in [9.17, 15) is 4.79 Å². The highest BCUT2D eigenvalue weighted by atomic mass is 35.5. The summed E-state index contributed by atoms with van der Waals surface area (Å²) in [5, 5.41) is 12.4. The van der Waals surface area contributed by atoms with Crippen molar-refractivity contribution in [1.29, 1.82) is 0 Å². The zero-order valence-electron chi connectivity index (χ0n) is 10.1. The van der Waals surface area contributed by atoms with Gasteiger partial charge in [-0.05, 0) is 38.0 Å². The molecule has 0 saturated carbocycles. The minimum Gasteiger partial charge on any atom is -0.478 e. The molecule has 0 aliphatic carbocycles. The number of anilines is 1. The topological polar surface area (TPSA) is 58.6 Å². The van der Waals surface area contributed by atoms with Crippen LogP contribution in [0.15, 0.2) is 18.2 Å². The predicted octanol–water partition coefficient (Wildman–Crippen LogP) is 3.02. The molecule has 2 rings (SSSR count). The Morgan fingerprint density at radius 1 is 1.61 bits per heavy atom. The summed E-state index contributed by atoms with van der Waals surface area (Å²) in [5.41, 5.74) is 0.931. The Bertz CT molecular complexity index is 444. The van der Waals surface area contributed by atoms with Gasteiger partial charge in [-0.1, -0.05) is 11.6 Å². The second-order valence-electron chi connectivity index (χ2n) is 4.48. The Morgan fingerprint density at radius 3 is 2.94 bits per heavy atom. The second-order valence-corrected chi connectivity index (χ2v) is 4.89. The zero-order valence-corrected chi connectivity index (χ0v) is 10.9. The number of rotatable bonds is 4. The normalized spacial score (nSPS) is 20.7. The van der Waals surface area contributed by atoms with Crippen LogP contribution in [-0.4, -0.2) is 29.8 Å². The molecule has 18 heavy (non-hydrogen) atoms. The van der Waals surface area contributed by atoms with Gasteiger partial charge in [-0.25, -0.2) is 4.79 Å². The number of carboxylic acids is 1. The van der Waals surface area contributed by atoms with Gasteiger partial charge < -0.3 is 15.2 Å². The molecule has 1 aliphatic rings. The Morgan fingerprint density at radius 2 is 2.39 bits per heavy atom. The Labute approximate surface area is 111 Å². The third-order valence-electron chi connectivity index (χ3n) is 3.12. The number of aromatic carboxylic acids is 1. The number of nitrogens with one attached hydrogen (secondary N) is 1. The molecule has 5 heteroatoms. The number of halogens is 1. The van der Waals surface area contributed by atoms with Gasteiger partial charge in [0.1, 0.15) is 0 Å². The van der Waals surface area contributed by atoms with Crippen molar-refractivity contribution in [2.45, 2.75) is 31.9 Å². The van der Waals surface area contributed by atoms with Crippen LogP contribution in [-0.2, 0) is 4.74 Å². The van der Waals surface area contributed by atoms with E-state index in [1.165, 1.54) is 6.07 Å². The van der Waals surface area contributed by atoms with E-state index in [1.54, 1.807) is 12.1 Å². The van der Waals surface area contributed by atoms with Crippen molar-refractivity contribution in [2.75, 3.05) is 11.9 Å². The first-order valence-electron chi connectivity index (χ1n) is 5.99. The maximum Gasteiger partial charge on any atom is 0.337 e. The molecule has 1 saturated heterocycles. The van der Waals surface area contributed by atoms with E-state index in [-0.39, 0.29) is 22.7 Å². The molecule has 4 nitrogen and oxygen atoms in total. The fourth-order valence-corrected chi connectivity index (χ4v) is 2.39. The van der Waals surface area contributed by atoms with Crippen LogP contribution in [0.2, 0.25) is 5.02 Å². The van der Waals surface area contributed by atoms with E-state index in [0.717, 1.165) is 25.1 Å². The lowest BCUT2D eigenvalue weighted by Crippen LogP contribution is -2.29. The third-order valence-corrected chi connectivity index (χ3v) is 3.43. The predicted molar refractivity (Wildman–Crippen MR) is 70.5 cm³/mol. The van der Waals surface area contributed by atoms with Crippen LogP contribution in [0.4, 0.5) is 5.69 Å². The average molecular weight is 270 g/mol. The van der Waals surface area contributed by atoms with Crippen LogP contribution in [0.5, 0.6) is 0 Å². The fourth-order valence-electron chi connectivity index (χ4n) is 2.13. The van der Waals surface area contributed by atoms with Crippen molar-refractivity contribution < 1.29 is 14.6 Å². The van der Waals surface area contributed by atoms with Crippen molar-refractivity contribution in [3.63, 3.8) is 0 Å². The molecule has 98 valence electrons. The lowest BCUT2D eigenvalue weighted by Gasteiger charge is -2.21. The maximum atomic E-state index is 10.8. The summed E-state index contributed by atoms with van der Waals surface area (Å²) < 4.78 is 5.59. The number of carboxylic acid groups (broad SMARTS) is 1. The molecule has 0 radical (unpaired) electrons. The molecule has 1 aliphatic heterocycles. The largest absolute Gasteiger partial charge is 0.478 e. The van der Waals surface area contributed by atoms with Gasteiger partial charge in [0.15, 0.2) is 0 Å². The number of hydrogen-bond acceptors (Lipinski definition) is 3. The van der Waals surface area contributed by atoms with E-state index >= 15 is 0 Å². The third kappa shape index (κ3) is 2.94. The Hall–Kier alpha value is -1.26. The molecule has 0 bridgehead atoms. The van der Waals surface area contributed by atoms with Gasteiger partial charge in [-0.3, -0.25) is 0 Å². The van der Waals surface area contributed by atoms with Crippen molar-refractivity contribution in [1.82, 2.24) is 0 Å². The van der Waals surface area contributed by atoms with Crippen molar-refractivity contribution in [3.8, 4) is 0 Å². The van der Waals surface area contributed by atoms with Crippen LogP contribution in [0.1, 0.15) is 30.1 Å². The number of ether oxygens (including phenoxy) is 1. The summed E-state index contributed by atoms with van der Waals surface area (Å²) in [6, 6.07) is 5.05. The van der Waals surface area contributed by atoms with Crippen molar-refractivity contribution in [3.05, 3.63) is 28.8 Å². The zero-order chi connectivity index (χ0) is 13.1. The first-order valence-corrected chi connectivity index (χ1v) is 6.36. The average Bonchev–Trinajstić information content (AvgIpc) is 2.81. The molecule has 1 heterocycles. The van der Waals surface area contributed by atoms with Crippen LogP contribution in [0.25, 0.3) is 0 Å². The summed E-state index contributed by atoms with van der Waals surface area (Å²) in [5.74, 6) is -1.02. The standard InChI is InChI=1S/C13H16ClNO3/c1-8(12-3-2-6-18-12)15-9-4-5-10(13(16)17)11(14)7-9/h4-5,7-8,12,15H,2-3,6H2,1H3,(H,16,17). The van der Waals surface area contributed by atoms with Gasteiger partial charge in [-0.2, -0.15) is 0 Å². The van der Waals surface area contributed by atoms with E-state index in [0.29, 0.717) is 0 Å². The lowest BCUT2D eigenvalue weighted by molar-refractivity contribution is 0.0697. The van der Waals surface area contributed by atoms with Gasteiger partial charge in [0.25, 0.3) is 0 Å². The highest BCUT2D eigenvalue weighted by Gasteiger charge is 2.22. The molecule has 1 fully saturated rings. The summed E-state index contributed by atoms with van der Waals surface area (Å²) in [4.78, 5) is 10.8. The van der Waals surface area contributed by atoms with Crippen molar-refractivity contribution in [2.24, 2.45) is 0 Å². The SMILES string of the molecule is CC(Nc1ccc(C(=O)O)c(Cl)c1)C1CCCO1. The lowest BCUT2D eigenvalue weighted by atomic mass is 10.1. The molecule has 2 N–H and O–H groups in total. The van der Waals surface area contributed by atoms with E-state index in [4.69, 9.17) is 21.4 Å². The second kappa shape index (κ2) is 5.59. The minimum atomic E-state index is -1.02. The molecule has 0 amide bonds. The number of carbonyl (C=O) groups is 1. The van der Waals surface area contributed by atoms with Gasteiger partial charge in [0.05, 0.1) is 16.7 Å². The van der Waals surface area contributed by atoms with E-state index in [2.05, 4.69) is 12.2 Å². The number of hydrogen-bond donors (Lipinski definition) is 2. The van der Waals surface area contributed by atoms with Gasteiger partial charge in [0, 0.05) is 18.3 Å². The molecule has 1 aromatic rings. The quantitative estimate of drug-likeness (QED) is 0.882. The van der Waals surface area contributed by atoms with E-state index < -0.39 is 5.97 Å². The fraction of sp³-hybridized carbons (Fsp3) is 0.462. The molecule has 0 aromatic heterocycles. The first kappa shape index (κ1) is 13.2. The Kier molecular flexibility index (Phi) is 4.09. The molecular weight excluding hydrogens is 254 g/mol. The molecule has 2 atom stereocenters. The van der Waals surface area contributed by atoms with Crippen molar-refractivity contribution >= 4 is 23.3 Å². The smallest absolute Gasteiger partial charge is 0.337 e. The first-order chi connectivity index (χ1) is 8.58. The van der Waals surface area contributed by atoms with Crippen LogP contribution in [0, 0.1) is 0 Å². The van der Waals surface area contributed by atoms with Gasteiger partial charge >= 0.3 is 5.97 Å². The van der Waals surface area contributed by atoms with E-state index in [1.807, 2.05) is 0 Å². The molecular formula is C13H16ClNO3. The highest BCUT2D eigenvalue weighted by molar-refractivity contribution is 6.33. The summed E-state index contributed by atoms with van der Waals surface area (Å²) >= 11 is 5.92. The van der Waals surface area contributed by atoms with Crippen LogP contribution >= 0.6 is 11.6 Å². The highest BCUT2D eigenvalue weighted by Crippen LogP contribution is 2.23. The minimum absolute atomic E-state index is 0.118. The maximum absolute atomic E-state index is 10.8. The molecule has 1 aromatic carbocycles. The molecule has 2 unspecified atom stereocenters. The Balaban J connectivity index is 2.05. The summed E-state index contributed by atoms with van der Waals surface area (Å²) in [6.45, 7) is 2.87. The van der Waals surface area contributed by atoms with Gasteiger partial charge in [0.2, 0.25) is 0 Å². The van der Waals surface area contributed by atoms with Gasteiger partial charge in [-0.15, -0.1) is 0 Å². The summed E-state index contributed by atoms with van der Waals surface area (Å²) in [7, 11) is 0. The number of benzene rings is 1. The monoisotopic (exact) mass is 269 g/mol. The molecule has 0 spiro atoms. The van der Waals surface area contributed by atoms with Crippen LogP contribution < -0.4 is 5.32 Å².